The summed E-state index contributed by atoms with van der Waals surface area (Å²) in [5, 5.41) is -0.834. The van der Waals surface area contributed by atoms with Crippen molar-refractivity contribution >= 4 is 30.9 Å². The summed E-state index contributed by atoms with van der Waals surface area (Å²) in [6.07, 6.45) is 0. The van der Waals surface area contributed by atoms with Crippen LogP contribution >= 0.6 is 23.2 Å². The molecule has 0 saturated heterocycles. The molecule has 0 aliphatic heterocycles. The predicted molar refractivity (Wildman–Crippen MR) is 62.0 cm³/mol. The molecule has 0 nitrogen and oxygen atoms in total. The Labute approximate surface area is 125 Å². The van der Waals surface area contributed by atoms with Gasteiger partial charge < -0.3 is 0 Å². The van der Waals surface area contributed by atoms with Crippen LogP contribution < -0.4 is 7.74 Å². The van der Waals surface area contributed by atoms with Crippen LogP contribution in [0.25, 0.3) is 0 Å². The first-order valence-corrected chi connectivity index (χ1v) is 7.27. The molecule has 0 amide bonds. The van der Waals surface area contributed by atoms with Crippen molar-refractivity contribution in [3.05, 3.63) is 57.6 Å². The molecular formula is C12H4Cl2F4Ti. The molecule has 0 aliphatic rings. The Kier molecular flexibility index (Phi) is 4.56. The Balaban J connectivity index is 2.54. The Hall–Kier alpha value is -0.546. The molecule has 2 rings (SSSR count). The Bertz CT molecular complexity index is 591. The van der Waals surface area contributed by atoms with E-state index in [9.17, 15) is 17.6 Å². The third-order valence-corrected chi connectivity index (χ3v) is 5.88. The van der Waals surface area contributed by atoms with Crippen molar-refractivity contribution in [2.45, 2.75) is 0 Å². The molecule has 19 heavy (non-hydrogen) atoms. The monoisotopic (exact) mass is 342 g/mol. The first kappa shape index (κ1) is 14.9. The first-order chi connectivity index (χ1) is 8.91. The SMILES string of the molecule is Fc1ccc(F)[c]([Ti][c]2c(F)ccc(F)c2Cl)c1Cl. The summed E-state index contributed by atoms with van der Waals surface area (Å²) in [6.45, 7) is 0. The van der Waals surface area contributed by atoms with Crippen molar-refractivity contribution in [3.8, 4) is 0 Å². The molecule has 0 unspecified atom stereocenters. The molecule has 2 aromatic rings. The van der Waals surface area contributed by atoms with Gasteiger partial charge in [0.15, 0.2) is 0 Å². The Morgan fingerprint density at radius 2 is 0.947 bits per heavy atom. The zero-order chi connectivity index (χ0) is 14.2. The molecule has 0 saturated carbocycles. The van der Waals surface area contributed by atoms with E-state index >= 15 is 0 Å². The molecule has 0 atom stereocenters. The summed E-state index contributed by atoms with van der Waals surface area (Å²) in [4.78, 5) is 0. The summed E-state index contributed by atoms with van der Waals surface area (Å²) >= 11 is 9.56. The van der Waals surface area contributed by atoms with E-state index in [-0.39, 0.29) is 7.74 Å². The summed E-state index contributed by atoms with van der Waals surface area (Å²) in [5.74, 6) is -3.14. The molecule has 7 heteroatoms. The zero-order valence-electron chi connectivity index (χ0n) is 9.08. The van der Waals surface area contributed by atoms with Crippen LogP contribution in [0.5, 0.6) is 0 Å². The predicted octanol–water partition coefficient (Wildman–Crippen LogP) is 3.58. The molecule has 2 aromatic carbocycles. The Morgan fingerprint density at radius 1 is 0.632 bits per heavy atom. The van der Waals surface area contributed by atoms with Crippen LogP contribution in [-0.2, 0) is 19.2 Å². The zero-order valence-corrected chi connectivity index (χ0v) is 12.2. The molecule has 0 N–H and O–H groups in total. The third kappa shape index (κ3) is 2.97. The molecule has 0 aromatic heterocycles. The fourth-order valence-electron chi connectivity index (χ4n) is 1.41. The van der Waals surface area contributed by atoms with Crippen LogP contribution in [0, 0.1) is 23.3 Å². The van der Waals surface area contributed by atoms with Crippen molar-refractivity contribution in [3.63, 3.8) is 0 Å². The molecule has 0 fully saturated rings. The van der Waals surface area contributed by atoms with E-state index in [0.29, 0.717) is 0 Å². The summed E-state index contributed by atoms with van der Waals surface area (Å²) in [7, 11) is 0. The molecule has 0 aliphatic carbocycles. The van der Waals surface area contributed by atoms with Crippen LogP contribution in [0.1, 0.15) is 0 Å². The average Bonchev–Trinajstić information content (AvgIpc) is 2.38. The van der Waals surface area contributed by atoms with E-state index in [4.69, 9.17) is 23.2 Å². The fourth-order valence-corrected chi connectivity index (χ4v) is 3.84. The second-order valence-electron chi connectivity index (χ2n) is 3.56. The van der Waals surface area contributed by atoms with Crippen molar-refractivity contribution in [1.82, 2.24) is 0 Å². The second-order valence-corrected chi connectivity index (χ2v) is 6.27. The van der Waals surface area contributed by atoms with E-state index in [1.54, 1.807) is 0 Å². The van der Waals surface area contributed by atoms with Gasteiger partial charge in [-0.2, -0.15) is 0 Å². The van der Waals surface area contributed by atoms with Crippen molar-refractivity contribution in [2.75, 3.05) is 0 Å². The minimum absolute atomic E-state index is 0.145. The summed E-state index contributed by atoms with van der Waals surface area (Å²) in [5.41, 5.74) is 0. The molecule has 0 radical (unpaired) electrons. The van der Waals surface area contributed by atoms with Crippen LogP contribution in [-0.4, -0.2) is 0 Å². The van der Waals surface area contributed by atoms with Gasteiger partial charge in [-0.25, -0.2) is 0 Å². The minimum atomic E-state index is -1.74. The topological polar surface area (TPSA) is 0 Å². The van der Waals surface area contributed by atoms with Gasteiger partial charge >= 0.3 is 125 Å². The van der Waals surface area contributed by atoms with Crippen LogP contribution in [0.4, 0.5) is 17.6 Å². The molecular weight excluding hydrogens is 339 g/mol. The molecule has 0 bridgehead atoms. The number of hydrogen-bond donors (Lipinski definition) is 0. The van der Waals surface area contributed by atoms with Gasteiger partial charge in [0.25, 0.3) is 0 Å². The number of benzene rings is 2. The second kappa shape index (κ2) is 5.84. The van der Waals surface area contributed by atoms with Gasteiger partial charge in [0.2, 0.25) is 0 Å². The van der Waals surface area contributed by atoms with Crippen molar-refractivity contribution in [1.29, 1.82) is 0 Å². The van der Waals surface area contributed by atoms with Gasteiger partial charge in [0.05, 0.1) is 0 Å². The standard InChI is InChI=1S/2C6H2ClF2.Ti/c2*7-5-3-4(8)1-2-6(5)9;/h2*1-2H;. The molecule has 0 heterocycles. The van der Waals surface area contributed by atoms with E-state index < -0.39 is 52.5 Å². The van der Waals surface area contributed by atoms with E-state index in [2.05, 4.69) is 0 Å². The number of halogens is 6. The van der Waals surface area contributed by atoms with Crippen molar-refractivity contribution < 1.29 is 36.7 Å². The summed E-state index contributed by atoms with van der Waals surface area (Å²) < 4.78 is 53.4. The average molecular weight is 343 g/mol. The quantitative estimate of drug-likeness (QED) is 0.444. The van der Waals surface area contributed by atoms with Gasteiger partial charge in [-0.1, -0.05) is 0 Å². The van der Waals surface area contributed by atoms with Crippen molar-refractivity contribution in [2.24, 2.45) is 0 Å². The first-order valence-electron chi connectivity index (χ1n) is 4.96. The van der Waals surface area contributed by atoms with Crippen LogP contribution in [0.3, 0.4) is 0 Å². The van der Waals surface area contributed by atoms with Gasteiger partial charge in [-0.05, 0) is 0 Å². The van der Waals surface area contributed by atoms with Crippen LogP contribution in [0.2, 0.25) is 10.0 Å². The van der Waals surface area contributed by atoms with Gasteiger partial charge in [-0.3, -0.25) is 0 Å². The Morgan fingerprint density at radius 3 is 1.32 bits per heavy atom. The van der Waals surface area contributed by atoms with E-state index in [1.807, 2.05) is 0 Å². The van der Waals surface area contributed by atoms with Gasteiger partial charge in [0, 0.05) is 0 Å². The fraction of sp³-hybridized carbons (Fsp3) is 0. The number of hydrogen-bond acceptors (Lipinski definition) is 0. The maximum absolute atomic E-state index is 13.6. The van der Waals surface area contributed by atoms with E-state index in [1.165, 1.54) is 0 Å². The van der Waals surface area contributed by atoms with Gasteiger partial charge in [0.1, 0.15) is 0 Å². The van der Waals surface area contributed by atoms with Gasteiger partial charge in [-0.15, -0.1) is 0 Å². The molecule has 0 spiro atoms. The normalized spacial score (nSPS) is 10.6. The number of rotatable bonds is 2. The van der Waals surface area contributed by atoms with E-state index in [0.717, 1.165) is 24.3 Å². The molecule has 98 valence electrons. The third-order valence-electron chi connectivity index (χ3n) is 2.34. The van der Waals surface area contributed by atoms with Crippen LogP contribution in [0.15, 0.2) is 24.3 Å². The maximum atomic E-state index is 13.6. The summed E-state index contributed by atoms with van der Waals surface area (Å²) in [6, 6.07) is 3.53.